The summed E-state index contributed by atoms with van der Waals surface area (Å²) in [5.74, 6) is -0.0556. The molecule has 1 saturated heterocycles. The number of piperazine rings is 1. The van der Waals surface area contributed by atoms with Crippen LogP contribution in [0.1, 0.15) is 30.3 Å². The molecular weight excluding hydrogens is 426 g/mol. The van der Waals surface area contributed by atoms with E-state index in [4.69, 9.17) is 11.6 Å². The minimum absolute atomic E-state index is 0.0310. The zero-order valence-electron chi connectivity index (χ0n) is 19.0. The van der Waals surface area contributed by atoms with Crippen molar-refractivity contribution in [2.75, 3.05) is 32.7 Å². The number of carbonyl (C=O) groups excluding carboxylic acids is 1. The lowest BCUT2D eigenvalue weighted by atomic mass is 10.2. The predicted molar refractivity (Wildman–Crippen MR) is 127 cm³/mol. The van der Waals surface area contributed by atoms with Gasteiger partial charge in [0.1, 0.15) is 6.54 Å². The molecule has 4 rings (SSSR count). The highest BCUT2D eigenvalue weighted by Crippen LogP contribution is 2.25. The molecule has 0 radical (unpaired) electrons. The van der Waals surface area contributed by atoms with Crippen LogP contribution in [0.4, 0.5) is 0 Å². The Hall–Kier alpha value is -2.64. The lowest BCUT2D eigenvalue weighted by molar-refractivity contribution is -0.133. The van der Waals surface area contributed by atoms with Gasteiger partial charge in [-0.15, -0.1) is 0 Å². The fourth-order valence-corrected chi connectivity index (χ4v) is 4.75. The molecule has 0 spiro atoms. The topological polar surface area (TPSA) is 63.4 Å². The quantitative estimate of drug-likeness (QED) is 0.573. The van der Waals surface area contributed by atoms with Crippen LogP contribution in [0.15, 0.2) is 35.3 Å². The van der Waals surface area contributed by atoms with Crippen molar-refractivity contribution in [2.24, 2.45) is 0 Å². The second-order valence-corrected chi connectivity index (χ2v) is 8.87. The Bertz CT molecular complexity index is 1190. The second-order valence-electron chi connectivity index (χ2n) is 8.47. The van der Waals surface area contributed by atoms with E-state index in [-0.39, 0.29) is 18.0 Å². The monoisotopic (exact) mass is 455 g/mol. The van der Waals surface area contributed by atoms with Crippen LogP contribution < -0.4 is 5.56 Å². The molecule has 170 valence electrons. The van der Waals surface area contributed by atoms with Crippen LogP contribution in [0.25, 0.3) is 10.8 Å². The van der Waals surface area contributed by atoms with Gasteiger partial charge in [0.05, 0.1) is 11.6 Å². The number of amides is 1. The number of nitrogens with zero attached hydrogens (tertiary/aromatic N) is 5. The van der Waals surface area contributed by atoms with Gasteiger partial charge >= 0.3 is 0 Å². The molecule has 3 aromatic rings. The SMILES string of the molecule is CCCN1CCN(C(=O)Cn2ncc3c(C)n(Cc4ccccc4Cl)c(C)c3c2=O)CC1. The maximum Gasteiger partial charge on any atom is 0.276 e. The van der Waals surface area contributed by atoms with E-state index in [2.05, 4.69) is 21.5 Å². The van der Waals surface area contributed by atoms with Gasteiger partial charge in [-0.25, -0.2) is 4.68 Å². The molecule has 0 unspecified atom stereocenters. The van der Waals surface area contributed by atoms with E-state index in [9.17, 15) is 9.59 Å². The van der Waals surface area contributed by atoms with Gasteiger partial charge in [0.25, 0.3) is 5.56 Å². The normalized spacial score (nSPS) is 14.9. The smallest absolute Gasteiger partial charge is 0.276 e. The molecule has 1 fully saturated rings. The number of aromatic nitrogens is 3. The summed E-state index contributed by atoms with van der Waals surface area (Å²) in [5, 5.41) is 6.46. The number of hydrogen-bond acceptors (Lipinski definition) is 4. The molecule has 3 heterocycles. The third-order valence-electron chi connectivity index (χ3n) is 6.44. The summed E-state index contributed by atoms with van der Waals surface area (Å²) in [7, 11) is 0. The molecule has 1 aromatic carbocycles. The molecular formula is C24H30ClN5O2. The van der Waals surface area contributed by atoms with E-state index >= 15 is 0 Å². The van der Waals surface area contributed by atoms with E-state index in [1.54, 1.807) is 6.20 Å². The molecule has 7 nitrogen and oxygen atoms in total. The Morgan fingerprint density at radius 3 is 2.50 bits per heavy atom. The van der Waals surface area contributed by atoms with Crippen LogP contribution in [-0.4, -0.2) is 62.8 Å². The summed E-state index contributed by atoms with van der Waals surface area (Å²) in [6.45, 7) is 10.8. The minimum atomic E-state index is -0.223. The Morgan fingerprint density at radius 1 is 1.09 bits per heavy atom. The highest BCUT2D eigenvalue weighted by Gasteiger charge is 2.23. The van der Waals surface area contributed by atoms with Crippen molar-refractivity contribution in [3.05, 3.63) is 62.8 Å². The third-order valence-corrected chi connectivity index (χ3v) is 6.81. The van der Waals surface area contributed by atoms with Crippen molar-refractivity contribution < 1.29 is 4.79 Å². The van der Waals surface area contributed by atoms with Crippen LogP contribution in [0.2, 0.25) is 5.02 Å². The molecule has 8 heteroatoms. The molecule has 0 saturated carbocycles. The summed E-state index contributed by atoms with van der Waals surface area (Å²) in [4.78, 5) is 30.3. The molecule has 0 atom stereocenters. The molecule has 0 aliphatic carbocycles. The van der Waals surface area contributed by atoms with Gasteiger partial charge in [-0.3, -0.25) is 14.5 Å². The first-order valence-electron chi connectivity index (χ1n) is 11.2. The average Bonchev–Trinajstić information content (AvgIpc) is 3.03. The van der Waals surface area contributed by atoms with Crippen LogP contribution in [-0.2, 0) is 17.9 Å². The number of rotatable bonds is 6. The van der Waals surface area contributed by atoms with Crippen molar-refractivity contribution in [1.82, 2.24) is 24.1 Å². The van der Waals surface area contributed by atoms with Crippen molar-refractivity contribution in [1.29, 1.82) is 0 Å². The molecule has 2 aromatic heterocycles. The molecule has 0 bridgehead atoms. The minimum Gasteiger partial charge on any atom is -0.343 e. The maximum atomic E-state index is 13.3. The Morgan fingerprint density at radius 2 is 1.81 bits per heavy atom. The number of halogens is 1. The Labute approximate surface area is 193 Å². The number of carbonyl (C=O) groups is 1. The zero-order valence-corrected chi connectivity index (χ0v) is 19.7. The van der Waals surface area contributed by atoms with Crippen molar-refractivity contribution >= 4 is 28.3 Å². The van der Waals surface area contributed by atoms with Crippen LogP contribution in [0.5, 0.6) is 0 Å². The fraction of sp³-hybridized carbons (Fsp3) is 0.458. The lowest BCUT2D eigenvalue weighted by Gasteiger charge is -2.34. The Balaban J connectivity index is 1.58. The predicted octanol–water partition coefficient (Wildman–Crippen LogP) is 3.07. The standard InChI is InChI=1S/C24H30ClN5O2/c1-4-9-27-10-12-28(13-11-27)22(31)16-30-24(32)23-18(3)29(17(2)20(23)14-26-30)15-19-7-5-6-8-21(19)25/h5-8,14H,4,9-13,15-16H2,1-3H3. The first-order valence-corrected chi connectivity index (χ1v) is 11.6. The van der Waals surface area contributed by atoms with E-state index in [1.807, 2.05) is 43.0 Å². The van der Waals surface area contributed by atoms with Crippen LogP contribution in [0, 0.1) is 13.8 Å². The van der Waals surface area contributed by atoms with Gasteiger partial charge in [0.15, 0.2) is 0 Å². The average molecular weight is 456 g/mol. The van der Waals surface area contributed by atoms with E-state index in [0.717, 1.165) is 48.4 Å². The van der Waals surface area contributed by atoms with Gasteiger partial charge in [-0.05, 0) is 38.4 Å². The zero-order chi connectivity index (χ0) is 22.8. The first-order chi connectivity index (χ1) is 15.4. The summed E-state index contributed by atoms with van der Waals surface area (Å²) in [6, 6.07) is 7.71. The van der Waals surface area contributed by atoms with Crippen molar-refractivity contribution in [3.63, 3.8) is 0 Å². The van der Waals surface area contributed by atoms with E-state index in [1.165, 1.54) is 4.68 Å². The number of fused-ring (bicyclic) bond motifs is 1. The first kappa shape index (κ1) is 22.6. The van der Waals surface area contributed by atoms with Gasteiger partial charge in [0.2, 0.25) is 5.91 Å². The van der Waals surface area contributed by atoms with Crippen molar-refractivity contribution in [3.8, 4) is 0 Å². The number of benzene rings is 1. The van der Waals surface area contributed by atoms with Gasteiger partial charge in [-0.1, -0.05) is 36.7 Å². The highest BCUT2D eigenvalue weighted by atomic mass is 35.5. The van der Waals surface area contributed by atoms with Crippen LogP contribution >= 0.6 is 11.6 Å². The number of hydrogen-bond donors (Lipinski definition) is 0. The second kappa shape index (κ2) is 9.46. The fourth-order valence-electron chi connectivity index (χ4n) is 4.56. The summed E-state index contributed by atoms with van der Waals surface area (Å²) in [6.07, 6.45) is 2.82. The van der Waals surface area contributed by atoms with Gasteiger partial charge in [0, 0.05) is 54.5 Å². The van der Waals surface area contributed by atoms with Gasteiger partial charge in [-0.2, -0.15) is 5.10 Å². The highest BCUT2D eigenvalue weighted by molar-refractivity contribution is 6.31. The molecule has 32 heavy (non-hydrogen) atoms. The maximum absolute atomic E-state index is 13.3. The molecule has 1 aliphatic heterocycles. The molecule has 1 aliphatic rings. The van der Waals surface area contributed by atoms with Crippen molar-refractivity contribution in [2.45, 2.75) is 40.3 Å². The molecule has 0 N–H and O–H groups in total. The van der Waals surface area contributed by atoms with Crippen LogP contribution in [0.3, 0.4) is 0 Å². The Kier molecular flexibility index (Phi) is 6.67. The summed E-state index contributed by atoms with van der Waals surface area (Å²) >= 11 is 6.35. The summed E-state index contributed by atoms with van der Waals surface area (Å²) < 4.78 is 3.39. The third kappa shape index (κ3) is 4.32. The molecule has 1 amide bonds. The largest absolute Gasteiger partial charge is 0.343 e. The lowest BCUT2D eigenvalue weighted by Crippen LogP contribution is -2.50. The number of aryl methyl sites for hydroxylation is 2. The summed E-state index contributed by atoms with van der Waals surface area (Å²) in [5.41, 5.74) is 2.59. The van der Waals surface area contributed by atoms with E-state index < -0.39 is 0 Å². The van der Waals surface area contributed by atoms with E-state index in [0.29, 0.717) is 30.0 Å². The van der Waals surface area contributed by atoms with Gasteiger partial charge < -0.3 is 9.47 Å².